The summed E-state index contributed by atoms with van der Waals surface area (Å²) in [5.41, 5.74) is 1.34. The van der Waals surface area contributed by atoms with Gasteiger partial charge in [0.2, 0.25) is 11.8 Å². The lowest BCUT2D eigenvalue weighted by Crippen LogP contribution is -2.34. The number of nitrogens with one attached hydrogen (secondary N) is 2. The van der Waals surface area contributed by atoms with Crippen LogP contribution in [-0.4, -0.2) is 53.7 Å². The standard InChI is InChI=1S/C20H25N5O3/c1-24-10-7-13(8-11-24)25-17(6-9-21-25)22-20(27)15-12-18(26)23-19-14(15)4-3-5-16(19)28-2/h3-6,9,13,15H,7-8,10-12H2,1-2H3,(H,22,27)(H,23,26). The van der Waals surface area contributed by atoms with Crippen molar-refractivity contribution in [2.24, 2.45) is 0 Å². The van der Waals surface area contributed by atoms with Crippen molar-refractivity contribution in [1.82, 2.24) is 14.7 Å². The molecule has 2 amide bonds. The second kappa shape index (κ2) is 7.63. The number of aromatic nitrogens is 2. The number of likely N-dealkylation sites (tertiary alicyclic amines) is 1. The highest BCUT2D eigenvalue weighted by atomic mass is 16.5. The van der Waals surface area contributed by atoms with Gasteiger partial charge >= 0.3 is 0 Å². The fraction of sp³-hybridized carbons (Fsp3) is 0.450. The number of piperidine rings is 1. The molecule has 28 heavy (non-hydrogen) atoms. The maximum atomic E-state index is 13.1. The van der Waals surface area contributed by atoms with Gasteiger partial charge in [-0.1, -0.05) is 12.1 Å². The number of hydrogen-bond acceptors (Lipinski definition) is 5. The van der Waals surface area contributed by atoms with E-state index >= 15 is 0 Å². The maximum Gasteiger partial charge on any atom is 0.233 e. The lowest BCUT2D eigenvalue weighted by atomic mass is 9.89. The van der Waals surface area contributed by atoms with Crippen molar-refractivity contribution in [1.29, 1.82) is 0 Å². The molecular weight excluding hydrogens is 358 g/mol. The van der Waals surface area contributed by atoms with Crippen LogP contribution in [0.15, 0.2) is 30.5 Å². The summed E-state index contributed by atoms with van der Waals surface area (Å²) in [4.78, 5) is 27.6. The minimum atomic E-state index is -0.570. The molecule has 1 saturated heterocycles. The average molecular weight is 383 g/mol. The number of rotatable bonds is 4. The Labute approximate surface area is 163 Å². The molecule has 2 N–H and O–H groups in total. The van der Waals surface area contributed by atoms with Crippen molar-refractivity contribution < 1.29 is 14.3 Å². The van der Waals surface area contributed by atoms with Crippen molar-refractivity contribution in [2.75, 3.05) is 37.9 Å². The Bertz CT molecular complexity index is 886. The van der Waals surface area contributed by atoms with Crippen LogP contribution in [-0.2, 0) is 9.59 Å². The predicted molar refractivity (Wildman–Crippen MR) is 106 cm³/mol. The fourth-order valence-corrected chi connectivity index (χ4v) is 4.02. The van der Waals surface area contributed by atoms with Gasteiger partial charge in [0.1, 0.15) is 11.6 Å². The number of amides is 2. The number of ether oxygens (including phenoxy) is 1. The number of methoxy groups -OCH3 is 1. The van der Waals surface area contributed by atoms with E-state index in [-0.39, 0.29) is 24.3 Å². The molecular formula is C20H25N5O3. The molecule has 3 heterocycles. The third-order valence-corrected chi connectivity index (χ3v) is 5.58. The van der Waals surface area contributed by atoms with Crippen LogP contribution in [0, 0.1) is 0 Å². The van der Waals surface area contributed by atoms with Gasteiger partial charge in [0, 0.05) is 12.5 Å². The second-order valence-electron chi connectivity index (χ2n) is 7.41. The van der Waals surface area contributed by atoms with Gasteiger partial charge in [0.25, 0.3) is 0 Å². The molecule has 1 aromatic heterocycles. The van der Waals surface area contributed by atoms with Gasteiger partial charge < -0.3 is 20.3 Å². The summed E-state index contributed by atoms with van der Waals surface area (Å²) in [6.45, 7) is 2.02. The van der Waals surface area contributed by atoms with E-state index < -0.39 is 5.92 Å². The number of benzene rings is 1. The molecule has 8 heteroatoms. The Morgan fingerprint density at radius 1 is 1.29 bits per heavy atom. The third-order valence-electron chi connectivity index (χ3n) is 5.58. The van der Waals surface area contributed by atoms with E-state index in [0.717, 1.165) is 31.5 Å². The van der Waals surface area contributed by atoms with E-state index in [2.05, 4.69) is 27.7 Å². The van der Waals surface area contributed by atoms with Crippen molar-refractivity contribution in [3.8, 4) is 5.75 Å². The third kappa shape index (κ3) is 3.47. The Morgan fingerprint density at radius 3 is 2.82 bits per heavy atom. The molecule has 4 rings (SSSR count). The summed E-state index contributed by atoms with van der Waals surface area (Å²) in [6, 6.07) is 7.54. The molecule has 1 atom stereocenters. The molecule has 0 bridgehead atoms. The molecule has 8 nitrogen and oxygen atoms in total. The Morgan fingerprint density at radius 2 is 2.07 bits per heavy atom. The zero-order valence-electron chi connectivity index (χ0n) is 16.1. The first-order valence-corrected chi connectivity index (χ1v) is 9.56. The molecule has 2 aliphatic heterocycles. The highest BCUT2D eigenvalue weighted by Gasteiger charge is 2.33. The van der Waals surface area contributed by atoms with Crippen LogP contribution in [0.1, 0.15) is 36.8 Å². The highest BCUT2D eigenvalue weighted by Crippen LogP contribution is 2.39. The number of fused-ring (bicyclic) bond motifs is 1. The zero-order chi connectivity index (χ0) is 19.7. The van der Waals surface area contributed by atoms with Crippen LogP contribution < -0.4 is 15.4 Å². The number of nitrogens with zero attached hydrogens (tertiary/aromatic N) is 3. The molecule has 148 valence electrons. The summed E-state index contributed by atoms with van der Waals surface area (Å²) in [5, 5.41) is 10.3. The van der Waals surface area contributed by atoms with Crippen LogP contribution in [0.3, 0.4) is 0 Å². The molecule has 0 saturated carbocycles. The van der Waals surface area contributed by atoms with Crippen molar-refractivity contribution in [2.45, 2.75) is 31.2 Å². The van der Waals surface area contributed by atoms with Gasteiger partial charge in [-0.25, -0.2) is 4.68 Å². The molecule has 0 radical (unpaired) electrons. The maximum absolute atomic E-state index is 13.1. The molecule has 1 unspecified atom stereocenters. The minimum Gasteiger partial charge on any atom is -0.495 e. The van der Waals surface area contributed by atoms with E-state index in [1.807, 2.05) is 22.9 Å². The molecule has 1 fully saturated rings. The lowest BCUT2D eigenvalue weighted by Gasteiger charge is -2.30. The van der Waals surface area contributed by atoms with Crippen molar-refractivity contribution >= 4 is 23.3 Å². The summed E-state index contributed by atoms with van der Waals surface area (Å²) < 4.78 is 7.24. The summed E-state index contributed by atoms with van der Waals surface area (Å²) in [5.74, 6) is 0.259. The monoisotopic (exact) mass is 383 g/mol. The molecule has 2 aliphatic rings. The number of hydrogen-bond donors (Lipinski definition) is 2. The number of anilines is 2. The topological polar surface area (TPSA) is 88.5 Å². The predicted octanol–water partition coefficient (Wildman–Crippen LogP) is 2.22. The Balaban J connectivity index is 1.56. The van der Waals surface area contributed by atoms with Crippen LogP contribution in [0.25, 0.3) is 0 Å². The van der Waals surface area contributed by atoms with Crippen LogP contribution in [0.4, 0.5) is 11.5 Å². The minimum absolute atomic E-state index is 0.106. The van der Waals surface area contributed by atoms with E-state index in [1.165, 1.54) is 0 Å². The molecule has 0 aliphatic carbocycles. The number of para-hydroxylation sites is 1. The van der Waals surface area contributed by atoms with E-state index in [4.69, 9.17) is 4.74 Å². The largest absolute Gasteiger partial charge is 0.495 e. The molecule has 2 aromatic rings. The van der Waals surface area contributed by atoms with Gasteiger partial charge in [0.05, 0.1) is 31.0 Å². The first-order chi connectivity index (χ1) is 13.6. The number of carbonyl (C=O) groups is 2. The molecule has 1 aromatic carbocycles. The summed E-state index contributed by atoms with van der Waals surface area (Å²) in [6.07, 6.45) is 3.80. The average Bonchev–Trinajstić information content (AvgIpc) is 3.15. The van der Waals surface area contributed by atoms with Crippen LogP contribution >= 0.6 is 0 Å². The van der Waals surface area contributed by atoms with E-state index in [0.29, 0.717) is 17.3 Å². The smallest absolute Gasteiger partial charge is 0.233 e. The van der Waals surface area contributed by atoms with Crippen molar-refractivity contribution in [3.63, 3.8) is 0 Å². The highest BCUT2D eigenvalue weighted by molar-refractivity contribution is 6.05. The first-order valence-electron chi connectivity index (χ1n) is 9.56. The van der Waals surface area contributed by atoms with Crippen LogP contribution in [0.2, 0.25) is 0 Å². The van der Waals surface area contributed by atoms with Gasteiger partial charge in [-0.3, -0.25) is 9.59 Å². The van der Waals surface area contributed by atoms with Crippen LogP contribution in [0.5, 0.6) is 5.75 Å². The zero-order valence-corrected chi connectivity index (χ0v) is 16.1. The van der Waals surface area contributed by atoms with E-state index in [1.54, 1.807) is 19.4 Å². The summed E-state index contributed by atoms with van der Waals surface area (Å²) in [7, 11) is 3.66. The quantitative estimate of drug-likeness (QED) is 0.845. The van der Waals surface area contributed by atoms with Gasteiger partial charge in [-0.05, 0) is 44.6 Å². The summed E-state index contributed by atoms with van der Waals surface area (Å²) >= 11 is 0. The fourth-order valence-electron chi connectivity index (χ4n) is 4.02. The normalized spacial score (nSPS) is 20.4. The van der Waals surface area contributed by atoms with E-state index in [9.17, 15) is 9.59 Å². The SMILES string of the molecule is COc1cccc2c1NC(=O)CC2C(=O)Nc1ccnn1C1CCN(C)CC1. The molecule has 0 spiro atoms. The number of carbonyl (C=O) groups excluding carboxylic acids is 2. The second-order valence-corrected chi connectivity index (χ2v) is 7.41. The Hall–Kier alpha value is -2.87. The first kappa shape index (κ1) is 18.5. The lowest BCUT2D eigenvalue weighted by molar-refractivity contribution is -0.123. The van der Waals surface area contributed by atoms with Gasteiger partial charge in [0.15, 0.2) is 0 Å². The Kier molecular flexibility index (Phi) is 5.04. The van der Waals surface area contributed by atoms with Gasteiger partial charge in [-0.2, -0.15) is 5.10 Å². The van der Waals surface area contributed by atoms with Gasteiger partial charge in [-0.15, -0.1) is 0 Å². The van der Waals surface area contributed by atoms with Crippen molar-refractivity contribution in [3.05, 3.63) is 36.0 Å².